The summed E-state index contributed by atoms with van der Waals surface area (Å²) < 4.78 is 5.34. The highest BCUT2D eigenvalue weighted by Gasteiger charge is 2.58. The Morgan fingerprint density at radius 3 is 2.63 bits per heavy atom. The zero-order valence-electron chi connectivity index (χ0n) is 10.3. The molecule has 0 saturated carbocycles. The Hall–Kier alpha value is -2.43. The van der Waals surface area contributed by atoms with Gasteiger partial charge in [0.05, 0.1) is 0 Å². The maximum Gasteiger partial charge on any atom is 0.336 e. The van der Waals surface area contributed by atoms with Gasteiger partial charge in [-0.15, -0.1) is 0 Å². The maximum atomic E-state index is 12.3. The number of hydrogen-bond donors (Lipinski definition) is 0. The fourth-order valence-electron chi connectivity index (χ4n) is 2.71. The predicted octanol–water partition coefficient (Wildman–Crippen LogP) is 1.34. The Morgan fingerprint density at radius 2 is 2.05 bits per heavy atom. The van der Waals surface area contributed by atoms with Crippen molar-refractivity contribution in [3.63, 3.8) is 0 Å². The molecule has 0 radical (unpaired) electrons. The standard InChI is InChI=1S/C14H11NO4/c1-8-7-14(19-13(8)18)11-6-4-3-5-10(11)12(17)15(14)9(2)16/h3-6H,1,7H2,2H3. The number of carbonyl (C=O) groups is 3. The Kier molecular flexibility index (Phi) is 2.17. The third-order valence-corrected chi connectivity index (χ3v) is 3.46. The van der Waals surface area contributed by atoms with Crippen molar-refractivity contribution in [2.24, 2.45) is 0 Å². The van der Waals surface area contributed by atoms with Crippen LogP contribution in [0.15, 0.2) is 36.4 Å². The first-order valence-corrected chi connectivity index (χ1v) is 5.83. The average molecular weight is 257 g/mol. The van der Waals surface area contributed by atoms with E-state index >= 15 is 0 Å². The molecular weight excluding hydrogens is 246 g/mol. The lowest BCUT2D eigenvalue weighted by molar-refractivity contribution is -0.167. The van der Waals surface area contributed by atoms with E-state index in [1.807, 2.05) is 0 Å². The number of carbonyl (C=O) groups excluding carboxylic acids is 3. The predicted molar refractivity (Wildman–Crippen MR) is 64.8 cm³/mol. The monoisotopic (exact) mass is 257 g/mol. The molecule has 1 spiro atoms. The van der Waals surface area contributed by atoms with Gasteiger partial charge in [0.25, 0.3) is 5.91 Å². The van der Waals surface area contributed by atoms with Crippen molar-refractivity contribution in [1.82, 2.24) is 4.90 Å². The zero-order chi connectivity index (χ0) is 13.8. The molecule has 19 heavy (non-hydrogen) atoms. The van der Waals surface area contributed by atoms with Gasteiger partial charge in [0.15, 0.2) is 0 Å². The van der Waals surface area contributed by atoms with Gasteiger partial charge in [-0.1, -0.05) is 24.8 Å². The summed E-state index contributed by atoms with van der Waals surface area (Å²) in [6, 6.07) is 6.77. The minimum Gasteiger partial charge on any atom is -0.430 e. The molecule has 1 atom stereocenters. The summed E-state index contributed by atoms with van der Waals surface area (Å²) >= 11 is 0. The van der Waals surface area contributed by atoms with Crippen LogP contribution < -0.4 is 0 Å². The highest BCUT2D eigenvalue weighted by Crippen LogP contribution is 2.48. The highest BCUT2D eigenvalue weighted by molar-refractivity contribution is 6.10. The normalized spacial score (nSPS) is 24.9. The summed E-state index contributed by atoms with van der Waals surface area (Å²) in [5.41, 5.74) is -0.147. The number of imide groups is 1. The fourth-order valence-corrected chi connectivity index (χ4v) is 2.71. The lowest BCUT2D eigenvalue weighted by Crippen LogP contribution is -2.46. The summed E-state index contributed by atoms with van der Waals surface area (Å²) in [4.78, 5) is 36.7. The summed E-state index contributed by atoms with van der Waals surface area (Å²) in [5, 5.41) is 0. The molecule has 0 aliphatic carbocycles. The van der Waals surface area contributed by atoms with Gasteiger partial charge in [0, 0.05) is 30.0 Å². The van der Waals surface area contributed by atoms with Crippen LogP contribution in [0, 0.1) is 0 Å². The zero-order valence-corrected chi connectivity index (χ0v) is 10.3. The van der Waals surface area contributed by atoms with Crippen LogP contribution in [0.4, 0.5) is 0 Å². The average Bonchev–Trinajstić information content (AvgIpc) is 2.77. The van der Waals surface area contributed by atoms with Crippen molar-refractivity contribution < 1.29 is 19.1 Å². The van der Waals surface area contributed by atoms with Crippen LogP contribution in [0.3, 0.4) is 0 Å². The second-order valence-corrected chi connectivity index (χ2v) is 4.66. The Labute approximate surface area is 109 Å². The van der Waals surface area contributed by atoms with E-state index in [-0.39, 0.29) is 12.0 Å². The van der Waals surface area contributed by atoms with Gasteiger partial charge in [0.1, 0.15) is 0 Å². The number of ether oxygens (including phenoxy) is 1. The van der Waals surface area contributed by atoms with E-state index in [4.69, 9.17) is 4.74 Å². The molecule has 1 fully saturated rings. The van der Waals surface area contributed by atoms with Crippen LogP contribution in [0.1, 0.15) is 29.3 Å². The lowest BCUT2D eigenvalue weighted by Gasteiger charge is -2.31. The second-order valence-electron chi connectivity index (χ2n) is 4.66. The van der Waals surface area contributed by atoms with Crippen LogP contribution in [-0.2, 0) is 20.1 Å². The smallest absolute Gasteiger partial charge is 0.336 e. The van der Waals surface area contributed by atoms with Crippen molar-refractivity contribution in [2.45, 2.75) is 19.1 Å². The molecule has 2 heterocycles. The second kappa shape index (κ2) is 3.54. The highest BCUT2D eigenvalue weighted by atomic mass is 16.6. The number of benzene rings is 1. The van der Waals surface area contributed by atoms with E-state index in [2.05, 4.69) is 6.58 Å². The van der Waals surface area contributed by atoms with Gasteiger partial charge < -0.3 is 4.74 Å². The Bertz CT molecular complexity index is 631. The van der Waals surface area contributed by atoms with Gasteiger partial charge in [-0.05, 0) is 6.07 Å². The van der Waals surface area contributed by atoms with Gasteiger partial charge in [-0.2, -0.15) is 0 Å². The van der Waals surface area contributed by atoms with Gasteiger partial charge in [-0.3, -0.25) is 9.59 Å². The first kappa shape index (κ1) is 11.6. The molecule has 5 nitrogen and oxygen atoms in total. The van der Waals surface area contributed by atoms with Crippen molar-refractivity contribution in [3.05, 3.63) is 47.5 Å². The van der Waals surface area contributed by atoms with Gasteiger partial charge in [-0.25, -0.2) is 9.69 Å². The quantitative estimate of drug-likeness (QED) is 0.520. The molecule has 2 aliphatic heterocycles. The first-order valence-electron chi connectivity index (χ1n) is 5.83. The number of rotatable bonds is 0. The number of nitrogens with zero attached hydrogens (tertiary/aromatic N) is 1. The molecule has 0 N–H and O–H groups in total. The summed E-state index contributed by atoms with van der Waals surface area (Å²) in [6.45, 7) is 4.90. The molecule has 1 saturated heterocycles. The Balaban J connectivity index is 2.26. The minimum atomic E-state index is -1.34. The Morgan fingerprint density at radius 1 is 1.37 bits per heavy atom. The van der Waals surface area contributed by atoms with Gasteiger partial charge >= 0.3 is 5.97 Å². The molecule has 0 bridgehead atoms. The molecular formula is C14H11NO4. The fraction of sp³-hybridized carbons (Fsp3) is 0.214. The van der Waals surface area contributed by atoms with Crippen molar-refractivity contribution in [1.29, 1.82) is 0 Å². The van der Waals surface area contributed by atoms with Crippen molar-refractivity contribution >= 4 is 17.8 Å². The molecule has 0 aromatic heterocycles. The molecule has 3 rings (SSSR count). The van der Waals surface area contributed by atoms with Crippen molar-refractivity contribution in [3.8, 4) is 0 Å². The van der Waals surface area contributed by atoms with E-state index < -0.39 is 23.5 Å². The number of esters is 1. The van der Waals surface area contributed by atoms with E-state index in [0.717, 1.165) is 4.90 Å². The summed E-state index contributed by atoms with van der Waals surface area (Å²) in [5.74, 6) is -1.47. The summed E-state index contributed by atoms with van der Waals surface area (Å²) in [6.07, 6.45) is 0.119. The van der Waals surface area contributed by atoms with Crippen LogP contribution in [0.2, 0.25) is 0 Å². The largest absolute Gasteiger partial charge is 0.430 e. The summed E-state index contributed by atoms with van der Waals surface area (Å²) in [7, 11) is 0. The van der Waals surface area contributed by atoms with E-state index in [1.54, 1.807) is 24.3 Å². The third kappa shape index (κ3) is 1.32. The van der Waals surface area contributed by atoms with Crippen LogP contribution in [-0.4, -0.2) is 22.7 Å². The maximum absolute atomic E-state index is 12.3. The van der Waals surface area contributed by atoms with Crippen LogP contribution in [0.25, 0.3) is 0 Å². The first-order chi connectivity index (χ1) is 8.97. The number of hydrogen-bond acceptors (Lipinski definition) is 4. The number of fused-ring (bicyclic) bond motifs is 2. The van der Waals surface area contributed by atoms with E-state index in [1.165, 1.54) is 6.92 Å². The third-order valence-electron chi connectivity index (χ3n) is 3.46. The SMILES string of the molecule is C=C1CC2(OC1=O)c1ccccc1C(=O)N2C(C)=O. The molecule has 1 aromatic carbocycles. The minimum absolute atomic E-state index is 0.119. The van der Waals surface area contributed by atoms with E-state index in [9.17, 15) is 14.4 Å². The number of amides is 2. The molecule has 1 aromatic rings. The molecule has 1 unspecified atom stereocenters. The molecule has 96 valence electrons. The topological polar surface area (TPSA) is 63.7 Å². The lowest BCUT2D eigenvalue weighted by atomic mass is 9.97. The van der Waals surface area contributed by atoms with Crippen molar-refractivity contribution in [2.75, 3.05) is 0 Å². The van der Waals surface area contributed by atoms with Crippen LogP contribution in [0.5, 0.6) is 0 Å². The molecule has 2 aliphatic rings. The molecule has 2 amide bonds. The van der Waals surface area contributed by atoms with Crippen LogP contribution >= 0.6 is 0 Å². The van der Waals surface area contributed by atoms with E-state index in [0.29, 0.717) is 11.1 Å². The molecule has 5 heteroatoms. The van der Waals surface area contributed by atoms with Gasteiger partial charge in [0.2, 0.25) is 11.6 Å².